The summed E-state index contributed by atoms with van der Waals surface area (Å²) < 4.78 is 5.17. The highest BCUT2D eigenvalue weighted by atomic mass is 16.6. The number of carbonyl (C=O) groups excluding carboxylic acids is 2. The fourth-order valence-electron chi connectivity index (χ4n) is 1.40. The van der Waals surface area contributed by atoms with Crippen LogP contribution in [-0.2, 0) is 9.53 Å². The molecule has 0 aliphatic carbocycles. The predicted octanol–water partition coefficient (Wildman–Crippen LogP) is 1.45. The molecule has 0 N–H and O–H groups in total. The van der Waals surface area contributed by atoms with E-state index < -0.39 is 5.60 Å². The zero-order valence-corrected chi connectivity index (χ0v) is 9.95. The van der Waals surface area contributed by atoms with Crippen molar-refractivity contribution in [3.05, 3.63) is 0 Å². The first-order chi connectivity index (χ1) is 7.33. The average Bonchev–Trinajstić information content (AvgIpc) is 1.97. The number of likely N-dealkylation sites (tertiary alicyclic amines) is 1. The summed E-state index contributed by atoms with van der Waals surface area (Å²) in [6.45, 7) is 6.29. The van der Waals surface area contributed by atoms with Gasteiger partial charge in [0.15, 0.2) is 5.78 Å². The van der Waals surface area contributed by atoms with Gasteiger partial charge in [-0.25, -0.2) is 4.79 Å². The maximum atomic E-state index is 11.5. The Hall–Kier alpha value is -1.50. The van der Waals surface area contributed by atoms with Crippen LogP contribution >= 0.6 is 0 Å². The summed E-state index contributed by atoms with van der Waals surface area (Å²) in [6, 6.07) is 0. The first kappa shape index (κ1) is 12.6. The number of ketones is 1. The second-order valence-corrected chi connectivity index (χ2v) is 4.93. The molecular formula is C12H17NO3. The molecule has 0 aromatic heterocycles. The van der Waals surface area contributed by atoms with Crippen LogP contribution in [0, 0.1) is 18.3 Å². The van der Waals surface area contributed by atoms with Gasteiger partial charge in [0, 0.05) is 13.1 Å². The molecule has 0 radical (unpaired) electrons. The van der Waals surface area contributed by atoms with Crippen molar-refractivity contribution in [1.82, 2.24) is 4.90 Å². The van der Waals surface area contributed by atoms with Crippen LogP contribution in [0.3, 0.4) is 0 Å². The summed E-state index contributed by atoms with van der Waals surface area (Å²) >= 11 is 0. The second-order valence-electron chi connectivity index (χ2n) is 4.93. The van der Waals surface area contributed by atoms with Crippen LogP contribution in [0.1, 0.15) is 27.2 Å². The smallest absolute Gasteiger partial charge is 0.410 e. The number of hydrogen-bond acceptors (Lipinski definition) is 3. The van der Waals surface area contributed by atoms with Gasteiger partial charge in [0.2, 0.25) is 0 Å². The Morgan fingerprint density at radius 1 is 1.44 bits per heavy atom. The van der Waals surface area contributed by atoms with Gasteiger partial charge in [-0.1, -0.05) is 5.92 Å². The van der Waals surface area contributed by atoms with Crippen molar-refractivity contribution in [1.29, 1.82) is 0 Å². The number of nitrogens with zero attached hydrogens (tertiary/aromatic N) is 1. The quantitative estimate of drug-likeness (QED) is 0.665. The summed E-state index contributed by atoms with van der Waals surface area (Å²) in [7, 11) is 0. The number of terminal acetylenes is 1. The van der Waals surface area contributed by atoms with Crippen molar-refractivity contribution < 1.29 is 14.3 Å². The van der Waals surface area contributed by atoms with Crippen LogP contribution in [0.4, 0.5) is 4.79 Å². The Balaban J connectivity index is 2.34. The maximum Gasteiger partial charge on any atom is 0.410 e. The lowest BCUT2D eigenvalue weighted by Gasteiger charge is -2.38. The van der Waals surface area contributed by atoms with Gasteiger partial charge in [-0.3, -0.25) is 4.79 Å². The van der Waals surface area contributed by atoms with Crippen molar-refractivity contribution in [3.63, 3.8) is 0 Å². The number of rotatable bonds is 2. The van der Waals surface area contributed by atoms with E-state index in [0.717, 1.165) is 0 Å². The zero-order chi connectivity index (χ0) is 12.3. The van der Waals surface area contributed by atoms with Gasteiger partial charge in [0.25, 0.3) is 0 Å². The number of Topliss-reactive ketones (excluding diaryl/α,β-unsaturated/α-hetero) is 1. The Morgan fingerprint density at radius 2 is 2.00 bits per heavy atom. The van der Waals surface area contributed by atoms with E-state index in [1.54, 1.807) is 0 Å². The lowest BCUT2D eigenvalue weighted by Crippen LogP contribution is -2.54. The van der Waals surface area contributed by atoms with Crippen LogP contribution in [0.25, 0.3) is 0 Å². The predicted molar refractivity (Wildman–Crippen MR) is 59.8 cm³/mol. The molecule has 1 amide bonds. The van der Waals surface area contributed by atoms with E-state index in [2.05, 4.69) is 5.92 Å². The molecular weight excluding hydrogens is 206 g/mol. The van der Waals surface area contributed by atoms with E-state index in [1.165, 1.54) is 4.90 Å². The van der Waals surface area contributed by atoms with Gasteiger partial charge in [0.1, 0.15) is 5.60 Å². The molecule has 1 aliphatic heterocycles. The highest BCUT2D eigenvalue weighted by Crippen LogP contribution is 2.20. The maximum absolute atomic E-state index is 11.5. The Kier molecular flexibility index (Phi) is 3.58. The fraction of sp³-hybridized carbons (Fsp3) is 0.667. The minimum absolute atomic E-state index is 0.0299. The van der Waals surface area contributed by atoms with Crippen LogP contribution in [0.2, 0.25) is 0 Å². The molecule has 4 nitrogen and oxygen atoms in total. The van der Waals surface area contributed by atoms with Gasteiger partial charge < -0.3 is 9.64 Å². The van der Waals surface area contributed by atoms with Crippen molar-refractivity contribution in [2.75, 3.05) is 13.1 Å². The van der Waals surface area contributed by atoms with Gasteiger partial charge in [-0.2, -0.15) is 0 Å². The topological polar surface area (TPSA) is 46.6 Å². The van der Waals surface area contributed by atoms with Crippen molar-refractivity contribution >= 4 is 11.9 Å². The SMILES string of the molecule is C#CCC(=O)C1CN(C(=O)OC(C)(C)C)C1. The van der Waals surface area contributed by atoms with Crippen LogP contribution in [-0.4, -0.2) is 35.5 Å². The third kappa shape index (κ3) is 3.27. The average molecular weight is 223 g/mol. The van der Waals surface area contributed by atoms with Crippen molar-refractivity contribution in [2.45, 2.75) is 32.8 Å². The zero-order valence-electron chi connectivity index (χ0n) is 9.95. The number of hydrogen-bond donors (Lipinski definition) is 0. The standard InChI is InChI=1S/C12H17NO3/c1-5-6-10(14)9-7-13(8-9)11(15)16-12(2,3)4/h1,9H,6-8H2,2-4H3. The number of ether oxygens (including phenoxy) is 1. The summed E-state index contributed by atoms with van der Waals surface area (Å²) in [5.74, 6) is 2.24. The van der Waals surface area contributed by atoms with E-state index in [4.69, 9.17) is 11.2 Å². The number of carbonyl (C=O) groups is 2. The molecule has 0 unspecified atom stereocenters. The van der Waals surface area contributed by atoms with E-state index in [9.17, 15) is 9.59 Å². The molecule has 0 bridgehead atoms. The summed E-state index contributed by atoms with van der Waals surface area (Å²) in [4.78, 5) is 24.4. The fourth-order valence-corrected chi connectivity index (χ4v) is 1.40. The van der Waals surface area contributed by atoms with Gasteiger partial charge in [-0.05, 0) is 20.8 Å². The van der Waals surface area contributed by atoms with E-state index in [1.807, 2.05) is 20.8 Å². The molecule has 1 fully saturated rings. The van der Waals surface area contributed by atoms with Crippen molar-refractivity contribution in [3.8, 4) is 12.3 Å². The molecule has 0 saturated carbocycles. The highest BCUT2D eigenvalue weighted by Gasteiger charge is 2.37. The number of amides is 1. The molecule has 0 aromatic carbocycles. The van der Waals surface area contributed by atoms with E-state index in [-0.39, 0.29) is 24.2 Å². The minimum Gasteiger partial charge on any atom is -0.444 e. The van der Waals surface area contributed by atoms with E-state index in [0.29, 0.717) is 13.1 Å². The largest absolute Gasteiger partial charge is 0.444 e. The molecule has 4 heteroatoms. The first-order valence-electron chi connectivity index (χ1n) is 5.27. The molecule has 0 aromatic rings. The monoisotopic (exact) mass is 223 g/mol. The molecule has 0 atom stereocenters. The lowest BCUT2D eigenvalue weighted by atomic mass is 9.94. The lowest BCUT2D eigenvalue weighted by molar-refractivity contribution is -0.126. The van der Waals surface area contributed by atoms with Gasteiger partial charge in [-0.15, -0.1) is 6.42 Å². The Morgan fingerprint density at radius 3 is 2.44 bits per heavy atom. The minimum atomic E-state index is -0.495. The first-order valence-corrected chi connectivity index (χ1v) is 5.27. The molecule has 1 saturated heterocycles. The summed E-state index contributed by atoms with van der Waals surface area (Å²) in [5, 5.41) is 0. The third-order valence-electron chi connectivity index (χ3n) is 2.26. The second kappa shape index (κ2) is 4.56. The Labute approximate surface area is 95.9 Å². The highest BCUT2D eigenvalue weighted by molar-refractivity contribution is 5.86. The summed E-state index contributed by atoms with van der Waals surface area (Å²) in [5.41, 5.74) is -0.495. The van der Waals surface area contributed by atoms with Crippen LogP contribution < -0.4 is 0 Å². The van der Waals surface area contributed by atoms with Crippen LogP contribution in [0.5, 0.6) is 0 Å². The molecule has 16 heavy (non-hydrogen) atoms. The molecule has 1 aliphatic rings. The van der Waals surface area contributed by atoms with Crippen molar-refractivity contribution in [2.24, 2.45) is 5.92 Å². The molecule has 1 heterocycles. The Bertz CT molecular complexity index is 329. The molecule has 1 rings (SSSR count). The summed E-state index contributed by atoms with van der Waals surface area (Å²) in [6.07, 6.45) is 4.83. The molecule has 0 spiro atoms. The van der Waals surface area contributed by atoms with Gasteiger partial charge in [0.05, 0.1) is 12.3 Å². The normalized spacial score (nSPS) is 16.2. The van der Waals surface area contributed by atoms with Crippen LogP contribution in [0.15, 0.2) is 0 Å². The molecule has 88 valence electrons. The third-order valence-corrected chi connectivity index (χ3v) is 2.26. The van der Waals surface area contributed by atoms with Gasteiger partial charge >= 0.3 is 6.09 Å². The van der Waals surface area contributed by atoms with E-state index >= 15 is 0 Å².